The number of aromatic nitrogens is 1. The van der Waals surface area contributed by atoms with E-state index in [0.717, 1.165) is 0 Å². The molecule has 0 spiro atoms. The second kappa shape index (κ2) is 5.14. The maximum absolute atomic E-state index is 13.0. The minimum atomic E-state index is -4.44. The minimum absolute atomic E-state index is 0.0739. The summed E-state index contributed by atoms with van der Waals surface area (Å²) in [6.07, 6.45) is -3.85. The number of anilines is 1. The summed E-state index contributed by atoms with van der Waals surface area (Å²) in [5.41, 5.74) is -2.00. The summed E-state index contributed by atoms with van der Waals surface area (Å²) in [6.45, 7) is 2.31. The fourth-order valence-electron chi connectivity index (χ4n) is 2.98. The second-order valence-corrected chi connectivity index (χ2v) is 5.72. The van der Waals surface area contributed by atoms with Gasteiger partial charge >= 0.3 is 6.18 Å². The highest BCUT2D eigenvalue weighted by atomic mass is 19.4. The zero-order chi connectivity index (χ0) is 16.8. The van der Waals surface area contributed by atoms with Crippen LogP contribution in [0.25, 0.3) is 0 Å². The van der Waals surface area contributed by atoms with E-state index >= 15 is 0 Å². The number of rotatable bonds is 3. The van der Waals surface area contributed by atoms with E-state index in [-0.39, 0.29) is 11.4 Å². The number of nitrogens with zero attached hydrogens (tertiary/aromatic N) is 5. The lowest BCUT2D eigenvalue weighted by Crippen LogP contribution is -2.46. The van der Waals surface area contributed by atoms with Crippen molar-refractivity contribution in [3.8, 4) is 0 Å². The molecule has 1 aromatic heterocycles. The molecule has 0 unspecified atom stereocenters. The number of aryl methyl sites for hydroxylation is 1. The number of hydrogen-bond acceptors (Lipinski definition) is 6. The Morgan fingerprint density at radius 3 is 2.35 bits per heavy atom. The number of piperidine rings is 1. The topological polar surface area (TPSA) is 84.0 Å². The third-order valence-corrected chi connectivity index (χ3v) is 4.36. The van der Waals surface area contributed by atoms with Crippen molar-refractivity contribution < 1.29 is 18.1 Å². The van der Waals surface area contributed by atoms with E-state index in [1.807, 2.05) is 4.90 Å². The number of nitro groups is 1. The lowest BCUT2D eigenvalue weighted by atomic mass is 9.86. The first kappa shape index (κ1) is 15.6. The zero-order valence-electron chi connectivity index (χ0n) is 12.2. The highest BCUT2D eigenvalue weighted by Crippen LogP contribution is 2.52. The molecule has 124 valence electrons. The van der Waals surface area contributed by atoms with Crippen molar-refractivity contribution in [2.24, 2.45) is 16.1 Å². The monoisotopic (exact) mass is 329 g/mol. The first-order valence-electron chi connectivity index (χ1n) is 7.12. The van der Waals surface area contributed by atoms with Gasteiger partial charge in [0.25, 0.3) is 11.4 Å². The highest BCUT2D eigenvalue weighted by Gasteiger charge is 2.67. The van der Waals surface area contributed by atoms with Crippen molar-refractivity contribution in [1.29, 1.82) is 0 Å². The molecular formula is C13H14F3N5O2. The molecule has 2 aliphatic heterocycles. The molecule has 0 radical (unpaired) electrons. The van der Waals surface area contributed by atoms with Crippen molar-refractivity contribution >= 4 is 11.5 Å². The predicted octanol–water partition coefficient (Wildman–Crippen LogP) is 3.24. The van der Waals surface area contributed by atoms with Crippen LogP contribution in [0.1, 0.15) is 18.5 Å². The molecule has 2 aliphatic rings. The van der Waals surface area contributed by atoms with Crippen LogP contribution in [-0.2, 0) is 0 Å². The van der Waals surface area contributed by atoms with Crippen LogP contribution in [0, 0.1) is 23.0 Å². The summed E-state index contributed by atoms with van der Waals surface area (Å²) < 4.78 is 39.0. The van der Waals surface area contributed by atoms with Gasteiger partial charge in [-0.05, 0) is 25.8 Å². The SMILES string of the molecule is Cc1nc(N2CCC(C3(C(F)(F)F)N=N3)CC2)ccc1[N+](=O)[O-]. The average Bonchev–Trinajstić information content (AvgIpc) is 3.28. The molecule has 3 heterocycles. The number of hydrogen-bond donors (Lipinski definition) is 0. The molecule has 1 fully saturated rings. The molecule has 0 aromatic carbocycles. The fraction of sp³-hybridized carbons (Fsp3) is 0.615. The van der Waals surface area contributed by atoms with E-state index in [1.165, 1.54) is 19.1 Å². The molecule has 0 N–H and O–H groups in total. The van der Waals surface area contributed by atoms with E-state index in [2.05, 4.69) is 15.2 Å². The number of halogens is 3. The van der Waals surface area contributed by atoms with Crippen LogP contribution in [0.5, 0.6) is 0 Å². The zero-order valence-corrected chi connectivity index (χ0v) is 12.2. The summed E-state index contributed by atoms with van der Waals surface area (Å²) in [5, 5.41) is 17.3. The van der Waals surface area contributed by atoms with Gasteiger partial charge in [0.15, 0.2) is 0 Å². The summed E-state index contributed by atoms with van der Waals surface area (Å²) in [4.78, 5) is 16.3. The molecule has 0 aliphatic carbocycles. The van der Waals surface area contributed by atoms with E-state index < -0.39 is 22.7 Å². The second-order valence-electron chi connectivity index (χ2n) is 5.72. The quantitative estimate of drug-likeness (QED) is 0.629. The highest BCUT2D eigenvalue weighted by molar-refractivity contribution is 5.47. The molecule has 1 aromatic rings. The number of alkyl halides is 3. The van der Waals surface area contributed by atoms with Crippen LogP contribution >= 0.6 is 0 Å². The van der Waals surface area contributed by atoms with Crippen LogP contribution in [0.3, 0.4) is 0 Å². The smallest absolute Gasteiger partial charge is 0.357 e. The summed E-state index contributed by atoms with van der Waals surface area (Å²) in [5.74, 6) is -0.116. The van der Waals surface area contributed by atoms with Crippen LogP contribution in [0.4, 0.5) is 24.7 Å². The molecular weight excluding hydrogens is 315 g/mol. The van der Waals surface area contributed by atoms with Crippen molar-refractivity contribution in [1.82, 2.24) is 4.98 Å². The third-order valence-electron chi connectivity index (χ3n) is 4.36. The van der Waals surface area contributed by atoms with E-state index in [9.17, 15) is 23.3 Å². The molecule has 1 saturated heterocycles. The molecule has 0 atom stereocenters. The van der Waals surface area contributed by atoms with E-state index in [4.69, 9.17) is 0 Å². The fourth-order valence-corrected chi connectivity index (χ4v) is 2.98. The standard InChI is InChI=1S/C13H14F3N5O2/c1-8-10(21(22)23)2-3-11(17-8)20-6-4-9(5-7-20)12(18-19-12)13(14,15)16/h2-3,9H,4-7H2,1H3. The molecule has 0 saturated carbocycles. The Kier molecular flexibility index (Phi) is 3.49. The Balaban J connectivity index is 1.68. The van der Waals surface area contributed by atoms with Crippen molar-refractivity contribution in [2.75, 3.05) is 18.0 Å². The third kappa shape index (κ3) is 2.62. The van der Waals surface area contributed by atoms with Gasteiger partial charge in [-0.1, -0.05) is 0 Å². The first-order chi connectivity index (χ1) is 10.7. The molecule has 23 heavy (non-hydrogen) atoms. The Bertz CT molecular complexity index is 662. The lowest BCUT2D eigenvalue weighted by molar-refractivity contribution is -0.385. The van der Waals surface area contributed by atoms with Crippen LogP contribution in [0.15, 0.2) is 22.4 Å². The van der Waals surface area contributed by atoms with Gasteiger partial charge in [-0.25, -0.2) is 4.98 Å². The Hall–Kier alpha value is -2.26. The predicted molar refractivity (Wildman–Crippen MR) is 74.2 cm³/mol. The summed E-state index contributed by atoms with van der Waals surface area (Å²) >= 11 is 0. The van der Waals surface area contributed by atoms with Gasteiger partial charge in [-0.2, -0.15) is 13.2 Å². The van der Waals surface area contributed by atoms with E-state index in [0.29, 0.717) is 31.7 Å². The van der Waals surface area contributed by atoms with Gasteiger partial charge in [-0.15, -0.1) is 10.2 Å². The molecule has 7 nitrogen and oxygen atoms in total. The largest absolute Gasteiger partial charge is 0.437 e. The van der Waals surface area contributed by atoms with Crippen LogP contribution in [0.2, 0.25) is 0 Å². The maximum atomic E-state index is 13.0. The van der Waals surface area contributed by atoms with E-state index in [1.54, 1.807) is 0 Å². The first-order valence-corrected chi connectivity index (χ1v) is 7.12. The Labute approximate surface area is 129 Å². The van der Waals surface area contributed by atoms with Gasteiger partial charge in [0.05, 0.1) is 4.92 Å². The van der Waals surface area contributed by atoms with Crippen molar-refractivity contribution in [3.63, 3.8) is 0 Å². The maximum Gasteiger partial charge on any atom is 0.437 e. The van der Waals surface area contributed by atoms with Crippen molar-refractivity contribution in [2.45, 2.75) is 31.6 Å². The van der Waals surface area contributed by atoms with Gasteiger partial charge in [0.2, 0.25) is 0 Å². The van der Waals surface area contributed by atoms with Crippen LogP contribution in [-0.4, -0.2) is 34.8 Å². The minimum Gasteiger partial charge on any atom is -0.357 e. The van der Waals surface area contributed by atoms with Crippen LogP contribution < -0.4 is 4.90 Å². The summed E-state index contributed by atoms with van der Waals surface area (Å²) in [6, 6.07) is 2.89. The van der Waals surface area contributed by atoms with Gasteiger partial charge in [0, 0.05) is 25.1 Å². The summed E-state index contributed by atoms with van der Waals surface area (Å²) in [7, 11) is 0. The lowest BCUT2D eigenvalue weighted by Gasteiger charge is -2.35. The Morgan fingerprint density at radius 2 is 1.91 bits per heavy atom. The molecule has 0 bridgehead atoms. The Morgan fingerprint density at radius 1 is 1.30 bits per heavy atom. The van der Waals surface area contributed by atoms with Gasteiger partial charge in [-0.3, -0.25) is 10.1 Å². The molecule has 3 rings (SSSR count). The molecule has 0 amide bonds. The van der Waals surface area contributed by atoms with Gasteiger partial charge in [0.1, 0.15) is 11.5 Å². The van der Waals surface area contributed by atoms with Gasteiger partial charge < -0.3 is 4.90 Å². The average molecular weight is 329 g/mol. The molecule has 10 heteroatoms. The van der Waals surface area contributed by atoms with Crippen molar-refractivity contribution in [3.05, 3.63) is 27.9 Å². The normalized spacial score (nSPS) is 20.6. The number of pyridine rings is 1.